The average molecular weight is 244 g/mol. The maximum Gasteiger partial charge on any atom is 0.274 e. The van der Waals surface area contributed by atoms with Crippen molar-refractivity contribution in [3.8, 4) is 5.69 Å². The van der Waals surface area contributed by atoms with Gasteiger partial charge in [0.05, 0.1) is 11.9 Å². The third kappa shape index (κ3) is 2.86. The van der Waals surface area contributed by atoms with Crippen LogP contribution in [0.2, 0.25) is 0 Å². The summed E-state index contributed by atoms with van der Waals surface area (Å²) in [6, 6.07) is 7.74. The summed E-state index contributed by atoms with van der Waals surface area (Å²) in [5, 5.41) is 4.14. The largest absolute Gasteiger partial charge is 0.274 e. The van der Waals surface area contributed by atoms with Crippen LogP contribution in [0.5, 0.6) is 0 Å². The Hall–Kier alpha value is -1.90. The second kappa shape index (κ2) is 6.15. The van der Waals surface area contributed by atoms with Gasteiger partial charge in [-0.3, -0.25) is 4.79 Å². The highest BCUT2D eigenvalue weighted by Gasteiger charge is 2.05. The maximum atomic E-state index is 12.0. The molecule has 3 heteroatoms. The third-order valence-electron chi connectivity index (χ3n) is 2.75. The van der Waals surface area contributed by atoms with Gasteiger partial charge in [0, 0.05) is 5.56 Å². The predicted molar refractivity (Wildman–Crippen MR) is 75.4 cm³/mol. The van der Waals surface area contributed by atoms with Gasteiger partial charge in [-0.1, -0.05) is 31.5 Å². The van der Waals surface area contributed by atoms with Crippen molar-refractivity contribution < 1.29 is 0 Å². The molecule has 0 radical (unpaired) electrons. The molecule has 0 amide bonds. The molecule has 1 aromatic heterocycles. The molecular weight excluding hydrogens is 224 g/mol. The topological polar surface area (TPSA) is 34.9 Å². The van der Waals surface area contributed by atoms with E-state index in [2.05, 4.69) is 5.10 Å². The van der Waals surface area contributed by atoms with Crippen LogP contribution < -0.4 is 5.56 Å². The standard InChI is InChI=1S/C13H14N2O.C2H6/c1-9-4-6-12(7-5-9)15-13(16)11(3)10(2)8-14-15;1-2/h4-8H,1-3H3;1-2H3. The van der Waals surface area contributed by atoms with Crippen LogP contribution in [0.4, 0.5) is 0 Å². The number of benzene rings is 1. The number of hydrogen-bond acceptors (Lipinski definition) is 2. The van der Waals surface area contributed by atoms with Crippen LogP contribution in [0.15, 0.2) is 35.3 Å². The predicted octanol–water partition coefficient (Wildman–Crippen LogP) is 3.18. The molecule has 0 aliphatic heterocycles. The molecule has 0 atom stereocenters. The Morgan fingerprint density at radius 1 is 1.00 bits per heavy atom. The SMILES string of the molecule is CC.Cc1ccc(-n2ncc(C)c(C)c2=O)cc1. The van der Waals surface area contributed by atoms with Crippen molar-refractivity contribution in [1.29, 1.82) is 0 Å². The molecule has 2 aromatic rings. The van der Waals surface area contributed by atoms with E-state index in [4.69, 9.17) is 0 Å². The molecule has 3 nitrogen and oxygen atoms in total. The highest BCUT2D eigenvalue weighted by atomic mass is 16.1. The van der Waals surface area contributed by atoms with Crippen molar-refractivity contribution in [2.24, 2.45) is 0 Å². The molecule has 18 heavy (non-hydrogen) atoms. The lowest BCUT2D eigenvalue weighted by Crippen LogP contribution is -2.23. The van der Waals surface area contributed by atoms with Gasteiger partial charge < -0.3 is 0 Å². The average Bonchev–Trinajstić information content (AvgIpc) is 2.40. The molecule has 1 aromatic carbocycles. The van der Waals surface area contributed by atoms with Crippen molar-refractivity contribution in [1.82, 2.24) is 9.78 Å². The van der Waals surface area contributed by atoms with Crippen molar-refractivity contribution in [2.45, 2.75) is 34.6 Å². The number of hydrogen-bond donors (Lipinski definition) is 0. The zero-order valence-corrected chi connectivity index (χ0v) is 11.7. The molecule has 0 unspecified atom stereocenters. The minimum absolute atomic E-state index is 0.0520. The number of aromatic nitrogens is 2. The van der Waals surface area contributed by atoms with Gasteiger partial charge in [-0.25, -0.2) is 0 Å². The van der Waals surface area contributed by atoms with Gasteiger partial charge in [-0.15, -0.1) is 0 Å². The zero-order valence-electron chi connectivity index (χ0n) is 11.7. The summed E-state index contributed by atoms with van der Waals surface area (Å²) >= 11 is 0. The van der Waals surface area contributed by atoms with Gasteiger partial charge in [-0.05, 0) is 38.5 Å². The first-order chi connectivity index (χ1) is 8.59. The summed E-state index contributed by atoms with van der Waals surface area (Å²) in [6.07, 6.45) is 1.72. The number of rotatable bonds is 1. The Morgan fingerprint density at radius 2 is 1.56 bits per heavy atom. The fourth-order valence-electron chi connectivity index (χ4n) is 1.49. The van der Waals surface area contributed by atoms with Crippen LogP contribution in [0.3, 0.4) is 0 Å². The normalized spacial score (nSPS) is 9.61. The lowest BCUT2D eigenvalue weighted by atomic mass is 10.2. The zero-order chi connectivity index (χ0) is 13.7. The van der Waals surface area contributed by atoms with Gasteiger partial charge in [0.1, 0.15) is 0 Å². The van der Waals surface area contributed by atoms with Gasteiger partial charge in [0.25, 0.3) is 5.56 Å². The van der Waals surface area contributed by atoms with Crippen LogP contribution in [-0.2, 0) is 0 Å². The van der Waals surface area contributed by atoms with Gasteiger partial charge >= 0.3 is 0 Å². The minimum atomic E-state index is -0.0520. The van der Waals surface area contributed by atoms with E-state index >= 15 is 0 Å². The highest BCUT2D eigenvalue weighted by molar-refractivity contribution is 5.34. The molecule has 0 spiro atoms. The summed E-state index contributed by atoms with van der Waals surface area (Å²) < 4.78 is 1.43. The van der Waals surface area contributed by atoms with E-state index in [1.807, 2.05) is 58.9 Å². The smallest absolute Gasteiger partial charge is 0.267 e. The van der Waals surface area contributed by atoms with Crippen molar-refractivity contribution in [2.75, 3.05) is 0 Å². The molecule has 0 saturated heterocycles. The van der Waals surface area contributed by atoms with E-state index in [-0.39, 0.29) is 5.56 Å². The van der Waals surface area contributed by atoms with Crippen molar-refractivity contribution in [3.63, 3.8) is 0 Å². The highest BCUT2D eigenvalue weighted by Crippen LogP contribution is 2.07. The van der Waals surface area contributed by atoms with Gasteiger partial charge in [0.2, 0.25) is 0 Å². The number of nitrogens with zero attached hydrogens (tertiary/aromatic N) is 2. The fraction of sp³-hybridized carbons (Fsp3) is 0.333. The molecule has 0 N–H and O–H groups in total. The van der Waals surface area contributed by atoms with E-state index < -0.39 is 0 Å². The fourth-order valence-corrected chi connectivity index (χ4v) is 1.49. The first-order valence-electron chi connectivity index (χ1n) is 6.22. The Morgan fingerprint density at radius 3 is 2.11 bits per heavy atom. The first-order valence-corrected chi connectivity index (χ1v) is 6.22. The quantitative estimate of drug-likeness (QED) is 0.772. The molecule has 0 fully saturated rings. The van der Waals surface area contributed by atoms with Crippen molar-refractivity contribution in [3.05, 3.63) is 57.5 Å². The van der Waals surface area contributed by atoms with Crippen LogP contribution >= 0.6 is 0 Å². The second-order valence-corrected chi connectivity index (χ2v) is 4.01. The molecule has 1 heterocycles. The molecule has 0 bridgehead atoms. The second-order valence-electron chi connectivity index (χ2n) is 4.01. The van der Waals surface area contributed by atoms with E-state index in [9.17, 15) is 4.79 Å². The minimum Gasteiger partial charge on any atom is -0.267 e. The summed E-state index contributed by atoms with van der Waals surface area (Å²) in [7, 11) is 0. The van der Waals surface area contributed by atoms with E-state index in [0.29, 0.717) is 0 Å². The van der Waals surface area contributed by atoms with Gasteiger partial charge in [-0.2, -0.15) is 9.78 Å². The van der Waals surface area contributed by atoms with Crippen molar-refractivity contribution >= 4 is 0 Å². The Labute approximate surface area is 108 Å². The van der Waals surface area contributed by atoms with Crippen LogP contribution in [0.25, 0.3) is 5.69 Å². The molecule has 0 saturated carbocycles. The molecule has 0 aliphatic rings. The van der Waals surface area contributed by atoms with Crippen LogP contribution in [0, 0.1) is 20.8 Å². The van der Waals surface area contributed by atoms with E-state index in [1.165, 1.54) is 10.2 Å². The summed E-state index contributed by atoms with van der Waals surface area (Å²) in [6.45, 7) is 9.73. The molecule has 96 valence electrons. The van der Waals surface area contributed by atoms with Crippen LogP contribution in [-0.4, -0.2) is 9.78 Å². The summed E-state index contributed by atoms with van der Waals surface area (Å²) in [5.74, 6) is 0. The molecule has 2 rings (SSSR count). The monoisotopic (exact) mass is 244 g/mol. The molecule has 0 aliphatic carbocycles. The Kier molecular flexibility index (Phi) is 4.84. The van der Waals surface area contributed by atoms with Crippen LogP contribution in [0.1, 0.15) is 30.5 Å². The Bertz CT molecular complexity index is 568. The van der Waals surface area contributed by atoms with E-state index in [1.54, 1.807) is 6.20 Å². The summed E-state index contributed by atoms with van der Waals surface area (Å²) in [4.78, 5) is 12.0. The van der Waals surface area contributed by atoms with Gasteiger partial charge in [0.15, 0.2) is 0 Å². The lowest BCUT2D eigenvalue weighted by molar-refractivity contribution is 0.789. The third-order valence-corrected chi connectivity index (χ3v) is 2.75. The Balaban J connectivity index is 0.000000771. The molecular formula is C15H20N2O. The lowest BCUT2D eigenvalue weighted by Gasteiger charge is -2.06. The number of aryl methyl sites for hydroxylation is 2. The van der Waals surface area contributed by atoms with E-state index in [0.717, 1.165) is 16.8 Å². The first kappa shape index (κ1) is 14.2. The maximum absolute atomic E-state index is 12.0. The summed E-state index contributed by atoms with van der Waals surface area (Å²) in [5.41, 5.74) is 3.59.